The highest BCUT2D eigenvalue weighted by molar-refractivity contribution is 6.01. The van der Waals surface area contributed by atoms with Crippen LogP contribution in [0.4, 0.5) is 0 Å². The van der Waals surface area contributed by atoms with Gasteiger partial charge in [0.25, 0.3) is 0 Å². The molecular weight excluding hydrogens is 244 g/mol. The maximum Gasteiger partial charge on any atom is 0.324 e. The smallest absolute Gasteiger partial charge is 0.324 e. The molecule has 0 aromatic heterocycles. The van der Waals surface area contributed by atoms with Crippen molar-refractivity contribution in [2.24, 2.45) is 16.7 Å². The first kappa shape index (κ1) is 15.3. The standard InChI is InChI=1S/C15H20O4/c1-7-8-15(12(16)18-5,13(17)19-6)10(2)11-9-14(11,3)4/h1,9-10H,8H2,2-6H3. The Hall–Kier alpha value is -1.76. The van der Waals surface area contributed by atoms with Crippen LogP contribution in [-0.2, 0) is 19.1 Å². The molecule has 1 unspecified atom stereocenters. The molecule has 0 saturated carbocycles. The van der Waals surface area contributed by atoms with Gasteiger partial charge in [-0.2, -0.15) is 0 Å². The molecule has 0 bridgehead atoms. The quantitative estimate of drug-likeness (QED) is 0.329. The van der Waals surface area contributed by atoms with Gasteiger partial charge in [0.1, 0.15) is 0 Å². The number of esters is 2. The molecule has 1 rings (SSSR count). The maximum absolute atomic E-state index is 12.2. The molecule has 0 aromatic carbocycles. The summed E-state index contributed by atoms with van der Waals surface area (Å²) in [7, 11) is 2.49. The lowest BCUT2D eigenvalue weighted by atomic mass is 9.70. The summed E-state index contributed by atoms with van der Waals surface area (Å²) >= 11 is 0. The van der Waals surface area contributed by atoms with Crippen LogP contribution in [0.1, 0.15) is 27.2 Å². The van der Waals surface area contributed by atoms with Crippen LogP contribution in [0.15, 0.2) is 11.6 Å². The Morgan fingerprint density at radius 1 is 1.37 bits per heavy atom. The van der Waals surface area contributed by atoms with Crippen LogP contribution in [0.5, 0.6) is 0 Å². The van der Waals surface area contributed by atoms with Crippen LogP contribution in [0.2, 0.25) is 0 Å². The van der Waals surface area contributed by atoms with Gasteiger partial charge in [-0.1, -0.05) is 32.4 Å². The predicted molar refractivity (Wildman–Crippen MR) is 70.9 cm³/mol. The van der Waals surface area contributed by atoms with Gasteiger partial charge in [-0.25, -0.2) is 0 Å². The summed E-state index contributed by atoms with van der Waals surface area (Å²) in [6, 6.07) is 0. The molecule has 0 radical (unpaired) electrons. The Labute approximate surface area is 114 Å². The number of hydrogen-bond donors (Lipinski definition) is 0. The Kier molecular flexibility index (Phi) is 4.09. The minimum absolute atomic E-state index is 0.0407. The van der Waals surface area contributed by atoms with E-state index in [2.05, 4.69) is 5.92 Å². The van der Waals surface area contributed by atoms with E-state index in [0.29, 0.717) is 0 Å². The average molecular weight is 264 g/mol. The van der Waals surface area contributed by atoms with Crippen LogP contribution >= 0.6 is 0 Å². The summed E-state index contributed by atoms with van der Waals surface area (Å²) in [6.07, 6.45) is 7.32. The predicted octanol–water partition coefficient (Wildman–Crippen LogP) is 1.94. The Bertz CT molecular complexity index is 449. The normalized spacial score (nSPS) is 17.8. The summed E-state index contributed by atoms with van der Waals surface area (Å²) in [5.41, 5.74) is -0.516. The van der Waals surface area contributed by atoms with Gasteiger partial charge in [0.15, 0.2) is 5.41 Å². The van der Waals surface area contributed by atoms with Crippen LogP contribution in [0.25, 0.3) is 0 Å². The van der Waals surface area contributed by atoms with Crippen molar-refractivity contribution in [3.8, 4) is 12.3 Å². The van der Waals surface area contributed by atoms with E-state index in [1.54, 1.807) is 0 Å². The number of rotatable bonds is 5. The van der Waals surface area contributed by atoms with E-state index in [9.17, 15) is 9.59 Å². The van der Waals surface area contributed by atoms with E-state index in [1.165, 1.54) is 14.2 Å². The van der Waals surface area contributed by atoms with Gasteiger partial charge in [0, 0.05) is 17.8 Å². The monoisotopic (exact) mass is 264 g/mol. The van der Waals surface area contributed by atoms with Gasteiger partial charge in [0.2, 0.25) is 0 Å². The van der Waals surface area contributed by atoms with Gasteiger partial charge in [-0.15, -0.1) is 12.3 Å². The van der Waals surface area contributed by atoms with Crippen molar-refractivity contribution in [2.75, 3.05) is 14.2 Å². The fourth-order valence-electron chi connectivity index (χ4n) is 2.56. The first-order valence-corrected chi connectivity index (χ1v) is 6.11. The second kappa shape index (κ2) is 5.08. The van der Waals surface area contributed by atoms with Crippen molar-refractivity contribution in [1.29, 1.82) is 0 Å². The van der Waals surface area contributed by atoms with Crippen molar-refractivity contribution in [2.45, 2.75) is 27.2 Å². The van der Waals surface area contributed by atoms with Crippen LogP contribution in [0.3, 0.4) is 0 Å². The number of methoxy groups -OCH3 is 2. The third-order valence-corrected chi connectivity index (χ3v) is 3.86. The first-order chi connectivity index (χ1) is 8.77. The molecule has 0 aromatic rings. The van der Waals surface area contributed by atoms with Crippen molar-refractivity contribution in [1.82, 2.24) is 0 Å². The molecule has 0 heterocycles. The number of allylic oxidation sites excluding steroid dienone is 2. The highest BCUT2D eigenvalue weighted by Gasteiger charge is 2.57. The highest BCUT2D eigenvalue weighted by Crippen LogP contribution is 2.54. The Balaban J connectivity index is 3.24. The zero-order chi connectivity index (χ0) is 14.8. The molecule has 0 fully saturated rings. The lowest BCUT2D eigenvalue weighted by molar-refractivity contribution is -0.172. The second-order valence-electron chi connectivity index (χ2n) is 5.38. The zero-order valence-electron chi connectivity index (χ0n) is 12.1. The average Bonchev–Trinajstić information content (AvgIpc) is 3.02. The Morgan fingerprint density at radius 3 is 2.05 bits per heavy atom. The minimum atomic E-state index is -1.46. The van der Waals surface area contributed by atoms with Gasteiger partial charge in [-0.05, 0) is 0 Å². The molecule has 1 aliphatic carbocycles. The van der Waals surface area contributed by atoms with Gasteiger partial charge < -0.3 is 9.47 Å². The number of ether oxygens (including phenoxy) is 2. The molecular formula is C15H20O4. The van der Waals surface area contributed by atoms with Crippen LogP contribution in [-0.4, -0.2) is 26.2 Å². The molecule has 0 N–H and O–H groups in total. The SMILES string of the molecule is C#CCC(C(=O)OC)(C(=O)OC)C(C)C1=CC1(C)C. The van der Waals surface area contributed by atoms with E-state index in [1.807, 2.05) is 26.8 Å². The van der Waals surface area contributed by atoms with Crippen LogP contribution in [0, 0.1) is 29.1 Å². The lowest BCUT2D eigenvalue weighted by Crippen LogP contribution is -2.46. The number of carbonyl (C=O) groups is 2. The number of hydrogen-bond acceptors (Lipinski definition) is 4. The fourth-order valence-corrected chi connectivity index (χ4v) is 2.56. The topological polar surface area (TPSA) is 52.6 Å². The second-order valence-corrected chi connectivity index (χ2v) is 5.38. The van der Waals surface area contributed by atoms with Crippen molar-refractivity contribution in [3.63, 3.8) is 0 Å². The zero-order valence-corrected chi connectivity index (χ0v) is 12.1. The molecule has 104 valence electrons. The van der Waals surface area contributed by atoms with Crippen LogP contribution < -0.4 is 0 Å². The van der Waals surface area contributed by atoms with Crippen molar-refractivity contribution >= 4 is 11.9 Å². The number of carbonyl (C=O) groups excluding carboxylic acids is 2. The third-order valence-electron chi connectivity index (χ3n) is 3.86. The van der Waals surface area contributed by atoms with Crippen molar-refractivity contribution < 1.29 is 19.1 Å². The van der Waals surface area contributed by atoms with E-state index >= 15 is 0 Å². The molecule has 0 spiro atoms. The largest absolute Gasteiger partial charge is 0.468 e. The molecule has 1 aliphatic rings. The van der Waals surface area contributed by atoms with E-state index in [0.717, 1.165) is 5.57 Å². The minimum Gasteiger partial charge on any atom is -0.468 e. The molecule has 19 heavy (non-hydrogen) atoms. The molecule has 0 amide bonds. The lowest BCUT2D eigenvalue weighted by Gasteiger charge is -2.32. The molecule has 1 atom stereocenters. The summed E-state index contributed by atoms with van der Waals surface area (Å²) in [6.45, 7) is 5.85. The van der Waals surface area contributed by atoms with Gasteiger partial charge in [0.05, 0.1) is 14.2 Å². The fraction of sp³-hybridized carbons (Fsp3) is 0.600. The van der Waals surface area contributed by atoms with Gasteiger partial charge in [-0.3, -0.25) is 9.59 Å². The summed E-state index contributed by atoms with van der Waals surface area (Å²) in [5, 5.41) is 0. The van der Waals surface area contributed by atoms with E-state index in [-0.39, 0.29) is 17.8 Å². The van der Waals surface area contributed by atoms with Gasteiger partial charge >= 0.3 is 11.9 Å². The third kappa shape index (κ3) is 2.37. The molecule has 4 heteroatoms. The Morgan fingerprint density at radius 2 is 1.79 bits per heavy atom. The first-order valence-electron chi connectivity index (χ1n) is 6.11. The van der Waals surface area contributed by atoms with E-state index < -0.39 is 17.4 Å². The molecule has 0 saturated heterocycles. The number of terminal acetylenes is 1. The summed E-state index contributed by atoms with van der Waals surface area (Å²) in [4.78, 5) is 24.3. The summed E-state index contributed by atoms with van der Waals surface area (Å²) in [5.74, 6) is 0.762. The van der Waals surface area contributed by atoms with Crippen molar-refractivity contribution in [3.05, 3.63) is 11.6 Å². The summed E-state index contributed by atoms with van der Waals surface area (Å²) < 4.78 is 9.59. The molecule has 4 nitrogen and oxygen atoms in total. The molecule has 0 aliphatic heterocycles. The highest BCUT2D eigenvalue weighted by atomic mass is 16.5. The van der Waals surface area contributed by atoms with E-state index in [4.69, 9.17) is 15.9 Å². The maximum atomic E-state index is 12.2.